The molecule has 0 aromatic heterocycles. The molecule has 30 heavy (non-hydrogen) atoms. The van der Waals surface area contributed by atoms with Gasteiger partial charge < -0.3 is 15.0 Å². The first-order valence-corrected chi connectivity index (χ1v) is 10.1. The molecule has 0 fully saturated rings. The van der Waals surface area contributed by atoms with Crippen LogP contribution in [-0.4, -0.2) is 37.8 Å². The van der Waals surface area contributed by atoms with Crippen molar-refractivity contribution in [2.24, 2.45) is 0 Å². The summed E-state index contributed by atoms with van der Waals surface area (Å²) in [4.78, 5) is 14.6. The number of carbonyl (C=O) groups excluding carboxylic acids is 1. The Morgan fingerprint density at radius 2 is 1.87 bits per heavy atom. The molecule has 0 aliphatic heterocycles. The minimum absolute atomic E-state index is 0.189. The molecule has 2 N–H and O–H groups in total. The standard InChI is InChI=1S/C25H31N3O2/c1-5-7-8-9-16-25(27-3,24(29)28(4)19-26)22-14-10-12-20(17-22)21-13-11-15-23(18-21)30-6-2/h5,7-15,17-19,26-27H,6,16H2,1-4H3/b7-5-,9-8-,26-19?. The van der Waals surface area contributed by atoms with Crippen molar-refractivity contribution in [3.63, 3.8) is 0 Å². The van der Waals surface area contributed by atoms with Crippen molar-refractivity contribution in [1.29, 1.82) is 5.41 Å². The van der Waals surface area contributed by atoms with Gasteiger partial charge in [0.15, 0.2) is 0 Å². The van der Waals surface area contributed by atoms with Crippen LogP contribution >= 0.6 is 0 Å². The van der Waals surface area contributed by atoms with E-state index in [2.05, 4.69) is 5.32 Å². The lowest BCUT2D eigenvalue weighted by molar-refractivity contribution is -0.133. The Hall–Kier alpha value is -3.18. The topological polar surface area (TPSA) is 65.4 Å². The highest BCUT2D eigenvalue weighted by Crippen LogP contribution is 2.32. The molecule has 2 aromatic rings. The van der Waals surface area contributed by atoms with Crippen LogP contribution in [0.1, 0.15) is 25.8 Å². The van der Waals surface area contributed by atoms with E-state index in [0.29, 0.717) is 13.0 Å². The summed E-state index contributed by atoms with van der Waals surface area (Å²) in [6.45, 7) is 4.51. The maximum absolute atomic E-state index is 13.3. The minimum atomic E-state index is -0.988. The number of nitrogens with zero attached hydrogens (tertiary/aromatic N) is 1. The number of amides is 1. The first-order valence-electron chi connectivity index (χ1n) is 10.1. The van der Waals surface area contributed by atoms with Crippen molar-refractivity contribution in [1.82, 2.24) is 10.2 Å². The summed E-state index contributed by atoms with van der Waals surface area (Å²) < 4.78 is 5.63. The number of likely N-dealkylation sites (N-methyl/N-ethyl adjacent to an activating group) is 2. The predicted molar refractivity (Wildman–Crippen MR) is 124 cm³/mol. The maximum Gasteiger partial charge on any atom is 0.252 e. The van der Waals surface area contributed by atoms with Gasteiger partial charge in [0, 0.05) is 7.05 Å². The second kappa shape index (κ2) is 11.1. The molecule has 2 rings (SSSR count). The van der Waals surface area contributed by atoms with Gasteiger partial charge in [-0.2, -0.15) is 0 Å². The lowest BCUT2D eigenvalue weighted by atomic mass is 9.83. The van der Waals surface area contributed by atoms with Gasteiger partial charge in [0.1, 0.15) is 11.3 Å². The molecule has 1 unspecified atom stereocenters. The van der Waals surface area contributed by atoms with Crippen molar-refractivity contribution in [2.45, 2.75) is 25.8 Å². The van der Waals surface area contributed by atoms with Gasteiger partial charge in [-0.25, -0.2) is 0 Å². The highest BCUT2D eigenvalue weighted by atomic mass is 16.5. The normalized spacial score (nSPS) is 13.3. The summed E-state index contributed by atoms with van der Waals surface area (Å²) in [5, 5.41) is 10.8. The van der Waals surface area contributed by atoms with Crippen molar-refractivity contribution >= 4 is 12.2 Å². The Balaban J connectivity index is 2.55. The summed E-state index contributed by atoms with van der Waals surface area (Å²) >= 11 is 0. The van der Waals surface area contributed by atoms with Gasteiger partial charge in [-0.1, -0.05) is 54.6 Å². The van der Waals surface area contributed by atoms with E-state index in [1.807, 2.05) is 86.7 Å². The third-order valence-electron chi connectivity index (χ3n) is 5.00. The highest BCUT2D eigenvalue weighted by Gasteiger charge is 2.39. The molecule has 0 aliphatic rings. The van der Waals surface area contributed by atoms with E-state index in [1.54, 1.807) is 14.1 Å². The zero-order valence-electron chi connectivity index (χ0n) is 18.2. The molecule has 0 radical (unpaired) electrons. The van der Waals surface area contributed by atoms with Crippen LogP contribution < -0.4 is 10.1 Å². The number of rotatable bonds is 10. The predicted octanol–water partition coefficient (Wildman–Crippen LogP) is 4.75. The van der Waals surface area contributed by atoms with Crippen molar-refractivity contribution in [3.05, 3.63) is 78.4 Å². The number of hydrogen-bond donors (Lipinski definition) is 2. The van der Waals surface area contributed by atoms with E-state index in [9.17, 15) is 4.79 Å². The van der Waals surface area contributed by atoms with Crippen LogP contribution in [0.2, 0.25) is 0 Å². The van der Waals surface area contributed by atoms with E-state index in [4.69, 9.17) is 10.1 Å². The summed E-state index contributed by atoms with van der Waals surface area (Å²) in [5.74, 6) is 0.625. The molecule has 0 aliphatic carbocycles. The van der Waals surface area contributed by atoms with Gasteiger partial charge in [0.05, 0.1) is 12.9 Å². The third kappa shape index (κ3) is 5.24. The lowest BCUT2D eigenvalue weighted by Gasteiger charge is -2.34. The molecule has 0 spiro atoms. The van der Waals surface area contributed by atoms with Gasteiger partial charge in [-0.05, 0) is 62.2 Å². The average Bonchev–Trinajstić information content (AvgIpc) is 2.79. The van der Waals surface area contributed by atoms with Crippen LogP contribution in [0.25, 0.3) is 11.1 Å². The quantitative estimate of drug-likeness (QED) is 0.340. The molecule has 5 heteroatoms. The minimum Gasteiger partial charge on any atom is -0.494 e. The maximum atomic E-state index is 13.3. The second-order valence-electron chi connectivity index (χ2n) is 6.90. The van der Waals surface area contributed by atoms with Crippen LogP contribution in [0.4, 0.5) is 0 Å². The summed E-state index contributed by atoms with van der Waals surface area (Å²) in [7, 11) is 3.38. The van der Waals surface area contributed by atoms with Crippen LogP contribution in [0.3, 0.4) is 0 Å². The number of ether oxygens (including phenoxy) is 1. The number of hydrogen-bond acceptors (Lipinski definition) is 4. The molecule has 5 nitrogen and oxygen atoms in total. The van der Waals surface area contributed by atoms with Crippen LogP contribution in [-0.2, 0) is 10.3 Å². The molecule has 2 aromatic carbocycles. The van der Waals surface area contributed by atoms with E-state index < -0.39 is 5.54 Å². The summed E-state index contributed by atoms with van der Waals surface area (Å²) in [6.07, 6.45) is 9.26. The van der Waals surface area contributed by atoms with Gasteiger partial charge >= 0.3 is 0 Å². The Morgan fingerprint density at radius 3 is 2.50 bits per heavy atom. The number of allylic oxidation sites excluding steroid dienone is 3. The second-order valence-corrected chi connectivity index (χ2v) is 6.90. The molecule has 0 saturated carbocycles. The summed E-state index contributed by atoms with van der Waals surface area (Å²) in [6, 6.07) is 15.9. The van der Waals surface area contributed by atoms with Crippen LogP contribution in [0, 0.1) is 5.41 Å². The fourth-order valence-corrected chi connectivity index (χ4v) is 3.37. The SMILES string of the molecule is C/C=C\C=C/CC(NC)(C(=O)N(C)C=N)c1cccc(-c2cccc(OCC)c2)c1. The van der Waals surface area contributed by atoms with Crippen LogP contribution in [0.15, 0.2) is 72.8 Å². The Morgan fingerprint density at radius 1 is 1.17 bits per heavy atom. The van der Waals surface area contributed by atoms with E-state index in [-0.39, 0.29) is 5.91 Å². The number of carbonyl (C=O) groups is 1. The average molecular weight is 406 g/mol. The fourth-order valence-electron chi connectivity index (χ4n) is 3.37. The van der Waals surface area contributed by atoms with Gasteiger partial charge in [-0.15, -0.1) is 0 Å². The Labute approximate surface area is 179 Å². The van der Waals surface area contributed by atoms with Crippen molar-refractivity contribution in [3.8, 4) is 16.9 Å². The van der Waals surface area contributed by atoms with E-state index in [0.717, 1.165) is 28.8 Å². The first kappa shape index (κ1) is 23.1. The Kier molecular flexibility index (Phi) is 8.56. The number of benzene rings is 2. The highest BCUT2D eigenvalue weighted by molar-refractivity contribution is 5.95. The molecule has 0 bridgehead atoms. The van der Waals surface area contributed by atoms with Gasteiger partial charge in [0.2, 0.25) is 0 Å². The third-order valence-corrected chi connectivity index (χ3v) is 5.00. The molecule has 1 amide bonds. The van der Waals surface area contributed by atoms with Crippen molar-refractivity contribution < 1.29 is 9.53 Å². The molecule has 158 valence electrons. The molecule has 1 atom stereocenters. The molecular formula is C25H31N3O2. The van der Waals surface area contributed by atoms with E-state index in [1.165, 1.54) is 4.90 Å². The largest absolute Gasteiger partial charge is 0.494 e. The van der Waals surface area contributed by atoms with E-state index >= 15 is 0 Å². The zero-order chi connectivity index (χ0) is 22.0. The zero-order valence-corrected chi connectivity index (χ0v) is 18.2. The van der Waals surface area contributed by atoms with Gasteiger partial charge in [-0.3, -0.25) is 10.2 Å². The monoisotopic (exact) mass is 405 g/mol. The smallest absolute Gasteiger partial charge is 0.252 e. The van der Waals surface area contributed by atoms with Gasteiger partial charge in [0.25, 0.3) is 5.91 Å². The van der Waals surface area contributed by atoms with Crippen LogP contribution in [0.5, 0.6) is 5.75 Å². The molecule has 0 heterocycles. The fraction of sp³-hybridized carbons (Fsp3) is 0.280. The van der Waals surface area contributed by atoms with Crippen molar-refractivity contribution in [2.75, 3.05) is 20.7 Å². The first-order chi connectivity index (χ1) is 14.5. The molecular weight excluding hydrogens is 374 g/mol. The summed E-state index contributed by atoms with van der Waals surface area (Å²) in [5.41, 5.74) is 1.87. The number of nitrogens with one attached hydrogen (secondary N) is 2. The lowest BCUT2D eigenvalue weighted by Crippen LogP contribution is -2.53. The molecule has 0 saturated heterocycles. The Bertz CT molecular complexity index is 920.